The first kappa shape index (κ1) is 32.4. The molecule has 4 unspecified atom stereocenters. The Morgan fingerprint density at radius 2 is 0.844 bits per heavy atom. The van der Waals surface area contributed by atoms with Crippen molar-refractivity contribution in [3.63, 3.8) is 0 Å². The van der Waals surface area contributed by atoms with Gasteiger partial charge in [-0.1, -0.05) is 40.7 Å². The summed E-state index contributed by atoms with van der Waals surface area (Å²) < 4.78 is 0. The molecule has 12 heteroatoms. The summed E-state index contributed by atoms with van der Waals surface area (Å²) in [4.78, 5) is 0. The topological polar surface area (TPSA) is 0 Å². The van der Waals surface area contributed by atoms with E-state index in [1.807, 2.05) is 0 Å². The van der Waals surface area contributed by atoms with Gasteiger partial charge in [0, 0.05) is 0 Å². The van der Waals surface area contributed by atoms with Gasteiger partial charge in [-0.05, 0) is 82.1 Å². The van der Waals surface area contributed by atoms with Gasteiger partial charge >= 0.3 is 0 Å². The minimum absolute atomic E-state index is 0.193. The molecule has 0 amide bonds. The molecule has 0 bridgehead atoms. The minimum Gasteiger partial charge on any atom is -0.146 e. The lowest BCUT2D eigenvalue weighted by Crippen LogP contribution is -2.19. The molecule has 182 valence electrons. The number of hydrogen-bond donors (Lipinski definition) is 0. The van der Waals surface area contributed by atoms with Crippen LogP contribution in [-0.4, -0.2) is 29.7 Å². The van der Waals surface area contributed by atoms with Crippen LogP contribution in [0.25, 0.3) is 0 Å². The van der Waals surface area contributed by atoms with E-state index >= 15 is 0 Å². The molecule has 0 N–H and O–H groups in total. The monoisotopic (exact) mass is 662 g/mol. The number of hydrogen-bond acceptors (Lipinski definition) is 0. The van der Waals surface area contributed by atoms with Gasteiger partial charge in [-0.2, -0.15) is 0 Å². The Bertz CT molecular complexity index is 717. The normalized spacial score (nSPS) is 16.3. The summed E-state index contributed by atoms with van der Waals surface area (Å²) in [5.74, 6) is 0. The maximum atomic E-state index is 6.40. The highest BCUT2D eigenvalue weighted by molar-refractivity contribution is 7.35. The Balaban J connectivity index is 3.78. The van der Waals surface area contributed by atoms with Crippen LogP contribution in [-0.2, 0) is 32.1 Å². The zero-order chi connectivity index (χ0) is 24.7. The summed E-state index contributed by atoms with van der Waals surface area (Å²) >= 11 is 50.9. The second kappa shape index (κ2) is 15.6. The van der Waals surface area contributed by atoms with E-state index in [1.54, 1.807) is 0 Å². The predicted molar refractivity (Wildman–Crippen MR) is 158 cm³/mol. The lowest BCUT2D eigenvalue weighted by Gasteiger charge is -2.28. The van der Waals surface area contributed by atoms with Crippen molar-refractivity contribution in [1.82, 2.24) is 0 Å². The van der Waals surface area contributed by atoms with E-state index in [-0.39, 0.29) is 22.2 Å². The van der Waals surface area contributed by atoms with Crippen LogP contribution in [0, 0.1) is 0 Å². The maximum Gasteiger partial charge on any atom is 0.277 e. The van der Waals surface area contributed by atoms with Crippen molar-refractivity contribution in [1.29, 1.82) is 0 Å². The Labute approximate surface area is 239 Å². The van der Waals surface area contributed by atoms with Crippen LogP contribution in [0.5, 0.6) is 0 Å². The molecule has 0 nitrogen and oxygen atoms in total. The first-order valence-corrected chi connectivity index (χ1v) is 25.1. The molecule has 0 aliphatic rings. The average molecular weight is 666 g/mol. The number of halogens is 8. The molecular weight excluding hydrogens is 636 g/mol. The van der Waals surface area contributed by atoms with Crippen LogP contribution in [0.3, 0.4) is 0 Å². The molecule has 1 rings (SSSR count). The van der Waals surface area contributed by atoms with E-state index in [2.05, 4.69) is 40.7 Å². The van der Waals surface area contributed by atoms with Crippen molar-refractivity contribution in [2.45, 2.75) is 88.9 Å². The van der Waals surface area contributed by atoms with Gasteiger partial charge in [0.05, 0.1) is 0 Å². The van der Waals surface area contributed by atoms with Crippen LogP contribution in [0.4, 0.5) is 0 Å². The Morgan fingerprint density at radius 1 is 0.531 bits per heavy atom. The van der Waals surface area contributed by atoms with Gasteiger partial charge < -0.3 is 0 Å². The highest BCUT2D eigenvalue weighted by atomic mass is 35.7. The largest absolute Gasteiger partial charge is 0.277 e. The summed E-state index contributed by atoms with van der Waals surface area (Å²) in [5, 5.41) is 0. The van der Waals surface area contributed by atoms with Crippen molar-refractivity contribution >= 4 is 118 Å². The molecule has 0 aliphatic carbocycles. The van der Waals surface area contributed by atoms with Crippen molar-refractivity contribution in [2.24, 2.45) is 0 Å². The van der Waals surface area contributed by atoms with E-state index < -0.39 is 29.7 Å². The summed E-state index contributed by atoms with van der Waals surface area (Å²) in [5.41, 5.74) is 7.42. The Kier molecular flexibility index (Phi) is 15.8. The first-order chi connectivity index (χ1) is 14.8. The standard InChI is InChI=1S/C20H30Cl8Si4/c1-6-16-11-17(7-12(2)29(21)22)19(9-14(4)31(25)26)20(10-15(5)32(27)28)18(16)8-13(3)30(23)24/h11-15H,6-10H2,1-5H3. The third-order valence-corrected chi connectivity index (χ3v) is 18.5. The fourth-order valence-corrected chi connectivity index (χ4v) is 7.07. The van der Waals surface area contributed by atoms with Gasteiger partial charge in [0.25, 0.3) is 29.7 Å². The summed E-state index contributed by atoms with van der Waals surface area (Å²) in [7, 11) is -5.86. The van der Waals surface area contributed by atoms with Gasteiger partial charge in [0.1, 0.15) is 0 Å². The minimum atomic E-state index is -1.48. The molecule has 4 radical (unpaired) electrons. The molecular formula is C20H30Cl8Si4. The molecule has 32 heavy (non-hydrogen) atoms. The van der Waals surface area contributed by atoms with E-state index in [4.69, 9.17) is 88.6 Å². The second-order valence-electron chi connectivity index (χ2n) is 8.56. The summed E-state index contributed by atoms with van der Waals surface area (Å²) in [6.45, 7) is 10.7. The lowest BCUT2D eigenvalue weighted by molar-refractivity contribution is 0.782. The van der Waals surface area contributed by atoms with Gasteiger partial charge in [-0.15, -0.1) is 88.6 Å². The Hall–Kier alpha value is 2.41. The van der Waals surface area contributed by atoms with Crippen LogP contribution in [0.2, 0.25) is 22.2 Å². The number of benzene rings is 1. The van der Waals surface area contributed by atoms with E-state index in [9.17, 15) is 0 Å². The molecule has 0 aromatic heterocycles. The first-order valence-electron chi connectivity index (χ1n) is 10.7. The van der Waals surface area contributed by atoms with Crippen molar-refractivity contribution < 1.29 is 0 Å². The van der Waals surface area contributed by atoms with Crippen LogP contribution in [0.1, 0.15) is 62.4 Å². The molecule has 4 atom stereocenters. The molecule has 0 saturated heterocycles. The maximum absolute atomic E-state index is 6.40. The Morgan fingerprint density at radius 3 is 1.19 bits per heavy atom. The third-order valence-electron chi connectivity index (χ3n) is 5.78. The van der Waals surface area contributed by atoms with Gasteiger partial charge in [-0.25, -0.2) is 0 Å². The van der Waals surface area contributed by atoms with Gasteiger partial charge in [0.2, 0.25) is 0 Å². The molecule has 0 spiro atoms. The number of rotatable bonds is 13. The smallest absolute Gasteiger partial charge is 0.146 e. The predicted octanol–water partition coefficient (Wildman–Crippen LogP) is 9.84. The molecule has 0 saturated carbocycles. The average Bonchev–Trinajstić information content (AvgIpc) is 2.70. The summed E-state index contributed by atoms with van der Waals surface area (Å²) in [6, 6.07) is 2.34. The van der Waals surface area contributed by atoms with Crippen LogP contribution < -0.4 is 0 Å². The molecule has 0 heterocycles. The van der Waals surface area contributed by atoms with Crippen LogP contribution in [0.15, 0.2) is 6.07 Å². The molecule has 1 aromatic rings. The van der Waals surface area contributed by atoms with E-state index in [1.165, 1.54) is 27.8 Å². The molecule has 1 aromatic carbocycles. The summed E-state index contributed by atoms with van der Waals surface area (Å²) in [6.07, 6.45) is 4.23. The van der Waals surface area contributed by atoms with Gasteiger partial charge in [-0.3, -0.25) is 0 Å². The zero-order valence-electron chi connectivity index (χ0n) is 18.9. The quantitative estimate of drug-likeness (QED) is 0.145. The van der Waals surface area contributed by atoms with Crippen molar-refractivity contribution in [3.05, 3.63) is 33.9 Å². The highest BCUT2D eigenvalue weighted by Gasteiger charge is 2.28. The van der Waals surface area contributed by atoms with Gasteiger partial charge in [0.15, 0.2) is 0 Å². The fraction of sp³-hybridized carbons (Fsp3) is 0.700. The number of aryl methyl sites for hydroxylation is 1. The third kappa shape index (κ3) is 10.0. The molecule has 0 fully saturated rings. The highest BCUT2D eigenvalue weighted by Crippen LogP contribution is 2.38. The molecule has 0 aliphatic heterocycles. The second-order valence-corrected chi connectivity index (χ2v) is 26.9. The van der Waals surface area contributed by atoms with Crippen molar-refractivity contribution in [3.8, 4) is 0 Å². The van der Waals surface area contributed by atoms with E-state index in [0.717, 1.165) is 32.1 Å². The van der Waals surface area contributed by atoms with Crippen molar-refractivity contribution in [2.75, 3.05) is 0 Å². The van der Waals surface area contributed by atoms with Crippen LogP contribution >= 0.6 is 88.6 Å². The fourth-order valence-electron chi connectivity index (χ4n) is 3.76. The zero-order valence-corrected chi connectivity index (χ0v) is 29.0. The SMILES string of the molecule is CCc1cc(CC(C)[Si](Cl)Cl)c(CC(C)[Si](Cl)Cl)c(CC(C)[Si](Cl)Cl)c1CC(C)[Si](Cl)Cl. The lowest BCUT2D eigenvalue weighted by atomic mass is 9.83. The van der Waals surface area contributed by atoms with E-state index in [0.29, 0.717) is 0 Å².